The number of sulfonamides is 1. The molecule has 7 atom stereocenters. The van der Waals surface area contributed by atoms with Gasteiger partial charge in [-0.15, -0.1) is 0 Å². The number of rotatable bonds is 9. The van der Waals surface area contributed by atoms with Crippen molar-refractivity contribution in [3.63, 3.8) is 0 Å². The van der Waals surface area contributed by atoms with E-state index in [4.69, 9.17) is 9.47 Å². The lowest BCUT2D eigenvalue weighted by atomic mass is 9.85. The molecular formula is C41H56FN5O9S. The number of pyridine rings is 1. The van der Waals surface area contributed by atoms with E-state index in [1.165, 1.54) is 4.90 Å². The minimum Gasteiger partial charge on any atom is -0.475 e. The standard InChI is InChI=1S/C41H56FN5O9S/c1-24(2)55-32-19-27-13-9-11-15-30(27)35(43-32)56-29-20-31-34(48)44-41(37(50)45-57(53,54)40(23-42)16-17-40)21-28(41)14-10-8-12-25(3)18-26(4)33(36(49)46(31)22-29)47(38(51)52)39(5,6)7/h9-11,13-15,19,24-26,28-29,31,33H,8,12,16-18,20-23H2,1-7H3,(H,44,48)(H,45,50)(H,51,52)/b14-10-/t25-,26+,28+,29+,31-,33-,41+/m0/s1. The van der Waals surface area contributed by atoms with Crippen LogP contribution in [0.4, 0.5) is 9.18 Å². The third kappa shape index (κ3) is 8.56. The van der Waals surface area contributed by atoms with Gasteiger partial charge in [-0.2, -0.15) is 4.98 Å². The van der Waals surface area contributed by atoms with E-state index in [0.717, 1.165) is 10.3 Å². The van der Waals surface area contributed by atoms with Crippen LogP contribution in [0.5, 0.6) is 11.8 Å². The van der Waals surface area contributed by atoms with Gasteiger partial charge in [0.05, 0.1) is 12.6 Å². The van der Waals surface area contributed by atoms with Gasteiger partial charge in [0.25, 0.3) is 5.91 Å². The van der Waals surface area contributed by atoms with Crippen molar-refractivity contribution in [2.24, 2.45) is 17.8 Å². The highest BCUT2D eigenvalue weighted by molar-refractivity contribution is 7.91. The topological polar surface area (TPSA) is 185 Å². The van der Waals surface area contributed by atoms with Gasteiger partial charge in [0.15, 0.2) is 0 Å². The summed E-state index contributed by atoms with van der Waals surface area (Å²) in [4.78, 5) is 63.9. The Hall–Kier alpha value is -4.47. The molecule has 2 aliphatic heterocycles. The fourth-order valence-corrected chi connectivity index (χ4v) is 9.84. The molecule has 1 aromatic carbocycles. The fraction of sp³-hybridized carbons (Fsp3) is 0.634. The summed E-state index contributed by atoms with van der Waals surface area (Å²) in [6.45, 7) is 11.5. The number of nitrogens with zero attached hydrogens (tertiary/aromatic N) is 3. The number of aromatic nitrogens is 1. The van der Waals surface area contributed by atoms with E-state index >= 15 is 4.79 Å². The minimum atomic E-state index is -4.41. The number of alkyl halides is 1. The van der Waals surface area contributed by atoms with E-state index in [0.29, 0.717) is 30.5 Å². The van der Waals surface area contributed by atoms with Gasteiger partial charge in [-0.1, -0.05) is 44.2 Å². The summed E-state index contributed by atoms with van der Waals surface area (Å²) in [5, 5.41) is 14.9. The molecule has 0 unspecified atom stereocenters. The highest BCUT2D eigenvalue weighted by Crippen LogP contribution is 2.48. The number of carboxylic acid groups (broad SMARTS) is 1. The molecule has 3 heterocycles. The number of fused-ring (bicyclic) bond motifs is 3. The SMILES string of the molecule is CC(C)Oc1cc2ccccc2c(O[C@@H]2C[C@H]3C(=O)N[C@]4(C(=O)NS(=O)(=O)C5(CF)CC5)C[C@H]4/C=C\CC[C@H](C)C[C@@H](C)[C@H](N(C(=O)O)C(C)(C)C)C(=O)N3C2)n1. The Balaban J connectivity index is 1.40. The van der Waals surface area contributed by atoms with Crippen LogP contribution in [0.3, 0.4) is 0 Å². The van der Waals surface area contributed by atoms with Crippen molar-refractivity contribution in [2.75, 3.05) is 13.2 Å². The van der Waals surface area contributed by atoms with Gasteiger partial charge in [-0.25, -0.2) is 17.6 Å². The fourth-order valence-electron chi connectivity index (χ4n) is 8.41. The van der Waals surface area contributed by atoms with Crippen LogP contribution in [-0.4, -0.2) is 105 Å². The molecular weight excluding hydrogens is 758 g/mol. The number of ether oxygens (including phenoxy) is 2. The van der Waals surface area contributed by atoms with E-state index in [1.807, 2.05) is 58.0 Å². The lowest BCUT2D eigenvalue weighted by molar-refractivity contribution is -0.146. The van der Waals surface area contributed by atoms with Crippen LogP contribution in [0, 0.1) is 17.8 Å². The van der Waals surface area contributed by atoms with Gasteiger partial charge in [0.2, 0.25) is 33.6 Å². The Morgan fingerprint density at radius 3 is 2.49 bits per heavy atom. The summed E-state index contributed by atoms with van der Waals surface area (Å²) in [7, 11) is -4.41. The molecule has 4 amide bonds. The molecule has 1 saturated heterocycles. The lowest BCUT2D eigenvalue weighted by Crippen LogP contribution is -2.62. The van der Waals surface area contributed by atoms with Crippen molar-refractivity contribution < 1.29 is 46.6 Å². The molecule has 6 rings (SSSR count). The molecule has 57 heavy (non-hydrogen) atoms. The Labute approximate surface area is 334 Å². The average Bonchev–Trinajstić information content (AvgIpc) is 4.02. The van der Waals surface area contributed by atoms with Crippen LogP contribution < -0.4 is 19.5 Å². The van der Waals surface area contributed by atoms with E-state index in [2.05, 4.69) is 15.0 Å². The Morgan fingerprint density at radius 1 is 1.16 bits per heavy atom. The first-order valence-electron chi connectivity index (χ1n) is 19.9. The molecule has 2 aliphatic carbocycles. The molecule has 3 N–H and O–H groups in total. The van der Waals surface area contributed by atoms with Crippen molar-refractivity contribution in [3.05, 3.63) is 42.5 Å². The molecule has 0 bridgehead atoms. The van der Waals surface area contributed by atoms with Gasteiger partial charge < -0.3 is 24.8 Å². The predicted octanol–water partition coefficient (Wildman–Crippen LogP) is 5.35. The zero-order chi connectivity index (χ0) is 41.7. The summed E-state index contributed by atoms with van der Waals surface area (Å²) < 4.78 is 53.2. The van der Waals surface area contributed by atoms with Crippen molar-refractivity contribution in [1.29, 1.82) is 0 Å². The summed E-state index contributed by atoms with van der Waals surface area (Å²) >= 11 is 0. The molecule has 2 aromatic rings. The third-order valence-electron chi connectivity index (χ3n) is 11.7. The molecule has 0 radical (unpaired) electrons. The molecule has 1 aromatic heterocycles. The summed E-state index contributed by atoms with van der Waals surface area (Å²) in [6.07, 6.45) is 3.40. The predicted molar refractivity (Wildman–Crippen MR) is 211 cm³/mol. The van der Waals surface area contributed by atoms with Crippen molar-refractivity contribution in [1.82, 2.24) is 24.8 Å². The molecule has 14 nitrogen and oxygen atoms in total. The molecule has 16 heteroatoms. The highest BCUT2D eigenvalue weighted by atomic mass is 32.2. The number of amides is 4. The summed E-state index contributed by atoms with van der Waals surface area (Å²) in [6, 6.07) is 6.78. The number of benzene rings is 1. The second-order valence-corrected chi connectivity index (χ2v) is 19.8. The number of carbonyl (C=O) groups is 4. The van der Waals surface area contributed by atoms with E-state index < -0.39 is 86.4 Å². The second kappa shape index (κ2) is 15.7. The van der Waals surface area contributed by atoms with Gasteiger partial charge in [0, 0.05) is 29.3 Å². The number of hydrogen-bond donors (Lipinski definition) is 3. The van der Waals surface area contributed by atoms with Crippen molar-refractivity contribution in [3.8, 4) is 11.8 Å². The number of hydrogen-bond acceptors (Lipinski definition) is 9. The van der Waals surface area contributed by atoms with Crippen LogP contribution in [0.15, 0.2) is 42.5 Å². The normalized spacial score (nSPS) is 29.6. The van der Waals surface area contributed by atoms with Crippen LogP contribution in [0.1, 0.15) is 93.4 Å². The summed E-state index contributed by atoms with van der Waals surface area (Å²) in [5.41, 5.74) is -2.69. The zero-order valence-electron chi connectivity index (χ0n) is 33.8. The van der Waals surface area contributed by atoms with E-state index in [1.54, 1.807) is 32.9 Å². The first kappa shape index (κ1) is 42.1. The number of halogens is 1. The quantitative estimate of drug-likeness (QED) is 0.279. The van der Waals surface area contributed by atoms with Gasteiger partial charge in [-0.05, 0) is 96.4 Å². The van der Waals surface area contributed by atoms with Crippen LogP contribution >= 0.6 is 0 Å². The first-order valence-corrected chi connectivity index (χ1v) is 21.4. The number of allylic oxidation sites excluding steroid dienone is 1. The van der Waals surface area contributed by atoms with E-state index in [9.17, 15) is 32.3 Å². The molecule has 2 saturated carbocycles. The Morgan fingerprint density at radius 2 is 1.86 bits per heavy atom. The summed E-state index contributed by atoms with van der Waals surface area (Å²) in [5.74, 6) is -2.71. The lowest BCUT2D eigenvalue weighted by Gasteiger charge is -2.43. The largest absolute Gasteiger partial charge is 0.475 e. The van der Waals surface area contributed by atoms with Gasteiger partial charge >= 0.3 is 6.09 Å². The van der Waals surface area contributed by atoms with E-state index in [-0.39, 0.29) is 50.1 Å². The first-order chi connectivity index (χ1) is 26.7. The van der Waals surface area contributed by atoms with Crippen LogP contribution in [-0.2, 0) is 24.4 Å². The van der Waals surface area contributed by atoms with Crippen molar-refractivity contribution >= 4 is 44.6 Å². The third-order valence-corrected chi connectivity index (χ3v) is 13.9. The molecule has 4 aliphatic rings. The smallest absolute Gasteiger partial charge is 0.408 e. The molecule has 0 spiro atoms. The maximum absolute atomic E-state index is 15.1. The highest BCUT2D eigenvalue weighted by Gasteiger charge is 2.64. The maximum Gasteiger partial charge on any atom is 0.408 e. The Bertz CT molecular complexity index is 2030. The zero-order valence-corrected chi connectivity index (χ0v) is 34.6. The van der Waals surface area contributed by atoms with Crippen LogP contribution in [0.25, 0.3) is 10.8 Å². The minimum absolute atomic E-state index is 0.0512. The van der Waals surface area contributed by atoms with Gasteiger partial charge in [-0.3, -0.25) is 24.0 Å². The number of carbonyl (C=O) groups excluding carboxylic acids is 3. The van der Waals surface area contributed by atoms with Crippen molar-refractivity contribution in [2.45, 2.75) is 134 Å². The maximum atomic E-state index is 15.1. The second-order valence-electron chi connectivity index (χ2n) is 17.7. The van der Waals surface area contributed by atoms with Crippen LogP contribution in [0.2, 0.25) is 0 Å². The average molecular weight is 814 g/mol. The monoisotopic (exact) mass is 813 g/mol. The van der Waals surface area contributed by atoms with Gasteiger partial charge in [0.1, 0.15) is 35.1 Å². The molecule has 312 valence electrons. The number of nitrogens with one attached hydrogen (secondary N) is 2. The molecule has 3 fully saturated rings. The Kier molecular flexibility index (Phi) is 11.6.